The third-order valence-electron chi connectivity index (χ3n) is 5.53. The van der Waals surface area contributed by atoms with Crippen molar-refractivity contribution in [2.45, 2.75) is 31.3 Å². The molecule has 0 spiro atoms. The van der Waals surface area contributed by atoms with Crippen LogP contribution in [0, 0.1) is 5.92 Å². The summed E-state index contributed by atoms with van der Waals surface area (Å²) in [6, 6.07) is 5.52. The molecule has 2 aromatic rings. The number of imidazole rings is 1. The van der Waals surface area contributed by atoms with Gasteiger partial charge in [0.25, 0.3) is 5.91 Å². The largest absolute Gasteiger partial charge is 0.348 e. The lowest BCUT2D eigenvalue weighted by Gasteiger charge is -2.32. The van der Waals surface area contributed by atoms with Gasteiger partial charge in [0.15, 0.2) is 0 Å². The first-order chi connectivity index (χ1) is 12.8. The Morgan fingerprint density at radius 2 is 2.11 bits per heavy atom. The van der Waals surface area contributed by atoms with Gasteiger partial charge in [-0.1, -0.05) is 6.07 Å². The number of hydrogen-bond acceptors (Lipinski definition) is 5. The van der Waals surface area contributed by atoms with E-state index in [0.717, 1.165) is 18.3 Å². The van der Waals surface area contributed by atoms with E-state index in [1.165, 1.54) is 0 Å². The monoisotopic (exact) mass is 390 g/mol. The van der Waals surface area contributed by atoms with E-state index in [0.29, 0.717) is 18.7 Å². The van der Waals surface area contributed by atoms with Gasteiger partial charge in [-0.25, -0.2) is 13.4 Å². The number of fused-ring (bicyclic) bond motifs is 3. The predicted molar refractivity (Wildman–Crippen MR) is 99.0 cm³/mol. The summed E-state index contributed by atoms with van der Waals surface area (Å²) in [6.45, 7) is 0.577. The summed E-state index contributed by atoms with van der Waals surface area (Å²) in [6.07, 6.45) is 6.15. The van der Waals surface area contributed by atoms with Crippen LogP contribution in [0.5, 0.6) is 0 Å². The Labute approximate surface area is 157 Å². The molecule has 1 aliphatic carbocycles. The van der Waals surface area contributed by atoms with Crippen LogP contribution in [-0.2, 0) is 14.6 Å². The van der Waals surface area contributed by atoms with Gasteiger partial charge in [-0.05, 0) is 30.9 Å². The van der Waals surface area contributed by atoms with Crippen molar-refractivity contribution in [3.63, 3.8) is 0 Å². The summed E-state index contributed by atoms with van der Waals surface area (Å²) in [5, 5.41) is 3.10. The van der Waals surface area contributed by atoms with Gasteiger partial charge in [0.05, 0.1) is 5.75 Å². The highest BCUT2D eigenvalue weighted by molar-refractivity contribution is 7.90. The van der Waals surface area contributed by atoms with E-state index in [1.807, 2.05) is 6.07 Å². The van der Waals surface area contributed by atoms with E-state index in [4.69, 9.17) is 0 Å². The van der Waals surface area contributed by atoms with Crippen LogP contribution in [0.2, 0.25) is 0 Å². The summed E-state index contributed by atoms with van der Waals surface area (Å²) in [7, 11) is -3.14. The van der Waals surface area contributed by atoms with Gasteiger partial charge in [0.2, 0.25) is 5.91 Å². The first kappa shape index (κ1) is 18.0. The maximum atomic E-state index is 12.7. The quantitative estimate of drug-likeness (QED) is 0.801. The zero-order valence-corrected chi connectivity index (χ0v) is 15.9. The molecule has 2 aliphatic rings. The average Bonchev–Trinajstić information content (AvgIpc) is 3.33. The molecule has 9 heteroatoms. The van der Waals surface area contributed by atoms with E-state index < -0.39 is 9.84 Å². The lowest BCUT2D eigenvalue weighted by Crippen LogP contribution is -2.48. The SMILES string of the molecule is CS(=O)(=O)CCC(=O)N1C[C@@H]2C[C@@H]1C[C@@H]2NC(=O)c1cccc2nccn12. The van der Waals surface area contributed by atoms with Crippen LogP contribution < -0.4 is 5.32 Å². The Hall–Kier alpha value is -2.42. The maximum Gasteiger partial charge on any atom is 0.268 e. The number of sulfone groups is 1. The van der Waals surface area contributed by atoms with Gasteiger partial charge in [-0.15, -0.1) is 0 Å². The molecule has 2 bridgehead atoms. The van der Waals surface area contributed by atoms with Gasteiger partial charge >= 0.3 is 0 Å². The summed E-state index contributed by atoms with van der Waals surface area (Å²) in [5.41, 5.74) is 1.26. The summed E-state index contributed by atoms with van der Waals surface area (Å²) >= 11 is 0. The van der Waals surface area contributed by atoms with Crippen molar-refractivity contribution in [2.24, 2.45) is 5.92 Å². The van der Waals surface area contributed by atoms with E-state index in [-0.39, 0.29) is 42.0 Å². The number of nitrogens with one attached hydrogen (secondary N) is 1. The Morgan fingerprint density at radius 3 is 2.81 bits per heavy atom. The molecule has 144 valence electrons. The Balaban J connectivity index is 1.38. The van der Waals surface area contributed by atoms with E-state index in [1.54, 1.807) is 33.8 Å². The van der Waals surface area contributed by atoms with Crippen LogP contribution in [0.3, 0.4) is 0 Å². The van der Waals surface area contributed by atoms with Crippen LogP contribution in [0.1, 0.15) is 29.8 Å². The van der Waals surface area contributed by atoms with Crippen molar-refractivity contribution in [1.29, 1.82) is 0 Å². The van der Waals surface area contributed by atoms with Crippen LogP contribution in [0.15, 0.2) is 30.6 Å². The smallest absolute Gasteiger partial charge is 0.268 e. The number of pyridine rings is 1. The maximum absolute atomic E-state index is 12.7. The zero-order chi connectivity index (χ0) is 19.2. The molecule has 3 heterocycles. The van der Waals surface area contributed by atoms with E-state index in [2.05, 4.69) is 10.3 Å². The molecular weight excluding hydrogens is 368 g/mol. The van der Waals surface area contributed by atoms with Gasteiger partial charge in [0, 0.05) is 43.7 Å². The molecule has 4 rings (SSSR count). The average molecular weight is 390 g/mol. The number of rotatable bonds is 5. The van der Waals surface area contributed by atoms with E-state index in [9.17, 15) is 18.0 Å². The molecule has 3 atom stereocenters. The predicted octanol–water partition coefficient (Wildman–Crippen LogP) is 0.488. The van der Waals surface area contributed by atoms with Crippen molar-refractivity contribution >= 4 is 27.3 Å². The second-order valence-electron chi connectivity index (χ2n) is 7.46. The fraction of sp³-hybridized carbons (Fsp3) is 0.500. The lowest BCUT2D eigenvalue weighted by atomic mass is 10.0. The fourth-order valence-corrected chi connectivity index (χ4v) is 4.77. The molecule has 0 radical (unpaired) electrons. The zero-order valence-electron chi connectivity index (χ0n) is 15.0. The highest BCUT2D eigenvalue weighted by atomic mass is 32.2. The van der Waals surface area contributed by atoms with Crippen molar-refractivity contribution < 1.29 is 18.0 Å². The Morgan fingerprint density at radius 1 is 1.30 bits per heavy atom. The van der Waals surface area contributed by atoms with Crippen molar-refractivity contribution in [1.82, 2.24) is 19.6 Å². The normalized spacial score (nSPS) is 24.5. The number of nitrogens with zero attached hydrogens (tertiary/aromatic N) is 3. The second-order valence-corrected chi connectivity index (χ2v) is 9.72. The van der Waals surface area contributed by atoms with Crippen molar-refractivity contribution in [3.8, 4) is 0 Å². The van der Waals surface area contributed by atoms with Gasteiger partial charge < -0.3 is 10.2 Å². The number of carbonyl (C=O) groups is 2. The number of hydrogen-bond donors (Lipinski definition) is 1. The van der Waals surface area contributed by atoms with Crippen LogP contribution in [-0.4, -0.2) is 65.2 Å². The molecule has 2 amide bonds. The third kappa shape index (κ3) is 3.55. The highest BCUT2D eigenvalue weighted by Gasteiger charge is 2.46. The second kappa shape index (κ2) is 6.63. The molecule has 1 aliphatic heterocycles. The molecule has 27 heavy (non-hydrogen) atoms. The molecule has 8 nitrogen and oxygen atoms in total. The summed E-state index contributed by atoms with van der Waals surface area (Å²) in [4.78, 5) is 31.0. The van der Waals surface area contributed by atoms with Gasteiger partial charge in [0.1, 0.15) is 21.2 Å². The molecule has 0 unspecified atom stereocenters. The number of carbonyl (C=O) groups excluding carboxylic acids is 2. The minimum absolute atomic E-state index is 0.0280. The van der Waals surface area contributed by atoms with Crippen molar-refractivity contribution in [3.05, 3.63) is 36.3 Å². The topological polar surface area (TPSA) is 101 Å². The molecule has 0 aromatic carbocycles. The molecule has 2 fully saturated rings. The molecule has 1 saturated heterocycles. The van der Waals surface area contributed by atoms with Crippen LogP contribution in [0.25, 0.3) is 5.65 Å². The van der Waals surface area contributed by atoms with Crippen LogP contribution in [0.4, 0.5) is 0 Å². The molecular formula is C18H22N4O4S. The van der Waals surface area contributed by atoms with Crippen molar-refractivity contribution in [2.75, 3.05) is 18.6 Å². The molecule has 2 aromatic heterocycles. The first-order valence-corrected chi connectivity index (χ1v) is 11.1. The number of piperidine rings is 1. The Kier molecular flexibility index (Phi) is 4.41. The fourth-order valence-electron chi connectivity index (χ4n) is 4.23. The lowest BCUT2D eigenvalue weighted by molar-refractivity contribution is -0.132. The minimum atomic E-state index is -3.14. The van der Waals surface area contributed by atoms with E-state index >= 15 is 0 Å². The highest BCUT2D eigenvalue weighted by Crippen LogP contribution is 2.38. The molecule has 1 saturated carbocycles. The molecule has 1 N–H and O–H groups in total. The first-order valence-electron chi connectivity index (χ1n) is 9.02. The Bertz CT molecular complexity index is 1000. The number of amides is 2. The minimum Gasteiger partial charge on any atom is -0.348 e. The number of aromatic nitrogens is 2. The summed E-state index contributed by atoms with van der Waals surface area (Å²) in [5.74, 6) is -0.162. The summed E-state index contributed by atoms with van der Waals surface area (Å²) < 4.78 is 24.3. The van der Waals surface area contributed by atoms with Gasteiger partial charge in [-0.3, -0.25) is 14.0 Å². The van der Waals surface area contributed by atoms with Crippen LogP contribution >= 0.6 is 0 Å². The number of likely N-dealkylation sites (tertiary alicyclic amines) is 1. The third-order valence-corrected chi connectivity index (χ3v) is 6.47. The van der Waals surface area contributed by atoms with Gasteiger partial charge in [-0.2, -0.15) is 0 Å². The standard InChI is InChI=1S/C18H22N4O4S/c1-27(25,26)8-5-17(23)22-11-12-9-13(22)10-14(12)20-18(24)15-3-2-4-16-19-6-7-21(15)16/h2-4,6-7,12-14H,5,8-11H2,1H3,(H,20,24)/t12-,13+,14-/m0/s1.